The highest BCUT2D eigenvalue weighted by Crippen LogP contribution is 2.24. The molecule has 16 heavy (non-hydrogen) atoms. The van der Waals surface area contributed by atoms with E-state index in [1.165, 1.54) is 6.07 Å². The molecule has 0 aliphatic carbocycles. The summed E-state index contributed by atoms with van der Waals surface area (Å²) in [6, 6.07) is 5.02. The summed E-state index contributed by atoms with van der Waals surface area (Å²) < 4.78 is 1.72. The first kappa shape index (κ1) is 10.3. The van der Waals surface area contributed by atoms with Gasteiger partial charge in [-0.05, 0) is 6.92 Å². The van der Waals surface area contributed by atoms with Gasteiger partial charge in [-0.2, -0.15) is 0 Å². The number of nitro benzene ring substituents is 1. The minimum atomic E-state index is -0.394. The molecule has 0 unspecified atom stereocenters. The zero-order valence-corrected chi connectivity index (χ0v) is 8.91. The fourth-order valence-corrected chi connectivity index (χ4v) is 1.49. The van der Waals surface area contributed by atoms with Gasteiger partial charge in [0.2, 0.25) is 0 Å². The molecule has 0 radical (unpaired) electrons. The summed E-state index contributed by atoms with van der Waals surface area (Å²) in [6.07, 6.45) is 1.56. The molecule has 2 aromatic rings. The summed E-state index contributed by atoms with van der Waals surface area (Å²) in [5, 5.41) is 18.4. The number of nitrogens with zero attached hydrogens (tertiary/aromatic N) is 4. The predicted octanol–water partition coefficient (Wildman–Crippen LogP) is 1.70. The first-order chi connectivity index (χ1) is 7.59. The zero-order chi connectivity index (χ0) is 11.7. The van der Waals surface area contributed by atoms with Gasteiger partial charge >= 0.3 is 0 Å². The van der Waals surface area contributed by atoms with Crippen LogP contribution in [0.1, 0.15) is 5.56 Å². The van der Waals surface area contributed by atoms with Gasteiger partial charge in [-0.25, -0.2) is 0 Å². The number of hydrogen-bond acceptors (Lipinski definition) is 4. The Bertz CT molecular complexity index is 548. The number of aromatic nitrogens is 3. The fraction of sp³-hybridized carbons (Fsp3) is 0.200. The maximum atomic E-state index is 10.8. The van der Waals surface area contributed by atoms with E-state index in [1.54, 1.807) is 37.0 Å². The largest absolute Gasteiger partial charge is 0.317 e. The van der Waals surface area contributed by atoms with E-state index in [2.05, 4.69) is 10.2 Å². The van der Waals surface area contributed by atoms with Gasteiger partial charge in [0.05, 0.1) is 4.92 Å². The van der Waals surface area contributed by atoms with Gasteiger partial charge in [0.1, 0.15) is 6.33 Å². The molecule has 0 bridgehead atoms. The van der Waals surface area contributed by atoms with Crippen LogP contribution in [0.15, 0.2) is 24.5 Å². The molecule has 2 rings (SSSR count). The van der Waals surface area contributed by atoms with Crippen molar-refractivity contribution in [1.82, 2.24) is 14.8 Å². The Morgan fingerprint density at radius 2 is 2.19 bits per heavy atom. The molecule has 1 heterocycles. The SMILES string of the molecule is Cc1ccc(-c2nncn2C)cc1[N+](=O)[O-]. The number of hydrogen-bond donors (Lipinski definition) is 0. The van der Waals surface area contributed by atoms with Crippen molar-refractivity contribution < 1.29 is 4.92 Å². The molecule has 0 atom stereocenters. The summed E-state index contributed by atoms with van der Waals surface area (Å²) in [5.74, 6) is 0.614. The van der Waals surface area contributed by atoms with Crippen LogP contribution in [0, 0.1) is 17.0 Å². The maximum Gasteiger partial charge on any atom is 0.273 e. The van der Waals surface area contributed by atoms with Gasteiger partial charge < -0.3 is 4.57 Å². The van der Waals surface area contributed by atoms with Crippen LogP contribution >= 0.6 is 0 Å². The van der Waals surface area contributed by atoms with Crippen LogP contribution < -0.4 is 0 Å². The third-order valence-corrected chi connectivity index (χ3v) is 2.38. The molecule has 0 N–H and O–H groups in total. The molecule has 0 aliphatic rings. The van der Waals surface area contributed by atoms with Crippen LogP contribution in [-0.2, 0) is 7.05 Å². The Balaban J connectivity index is 2.56. The van der Waals surface area contributed by atoms with Crippen LogP contribution in [0.4, 0.5) is 5.69 Å². The third-order valence-electron chi connectivity index (χ3n) is 2.38. The molecule has 1 aromatic heterocycles. The van der Waals surface area contributed by atoms with E-state index in [1.807, 2.05) is 0 Å². The second kappa shape index (κ2) is 3.73. The van der Waals surface area contributed by atoms with Gasteiger partial charge in [-0.1, -0.05) is 12.1 Å². The van der Waals surface area contributed by atoms with Crippen LogP contribution in [0.5, 0.6) is 0 Å². The van der Waals surface area contributed by atoms with Gasteiger partial charge in [0.15, 0.2) is 5.82 Å². The monoisotopic (exact) mass is 218 g/mol. The Labute approximate surface area is 91.7 Å². The minimum Gasteiger partial charge on any atom is -0.317 e. The highest BCUT2D eigenvalue weighted by molar-refractivity contribution is 5.61. The van der Waals surface area contributed by atoms with E-state index in [9.17, 15) is 10.1 Å². The van der Waals surface area contributed by atoms with Crippen molar-refractivity contribution >= 4 is 5.69 Å². The molecule has 0 amide bonds. The Hall–Kier alpha value is -2.24. The molecule has 0 aliphatic heterocycles. The lowest BCUT2D eigenvalue weighted by molar-refractivity contribution is -0.385. The minimum absolute atomic E-state index is 0.0977. The molecule has 6 heteroatoms. The molecule has 0 fully saturated rings. The summed E-state index contributed by atoms with van der Waals surface area (Å²) in [6.45, 7) is 1.71. The van der Waals surface area contributed by atoms with Gasteiger partial charge in [-0.3, -0.25) is 10.1 Å². The van der Waals surface area contributed by atoms with E-state index < -0.39 is 4.92 Å². The van der Waals surface area contributed by atoms with Gasteiger partial charge in [-0.15, -0.1) is 10.2 Å². The highest BCUT2D eigenvalue weighted by Gasteiger charge is 2.13. The average molecular weight is 218 g/mol. The normalized spacial score (nSPS) is 10.4. The van der Waals surface area contributed by atoms with Gasteiger partial charge in [0.25, 0.3) is 5.69 Å². The first-order valence-corrected chi connectivity index (χ1v) is 4.69. The summed E-state index contributed by atoms with van der Waals surface area (Å²) >= 11 is 0. The molecular weight excluding hydrogens is 208 g/mol. The van der Waals surface area contributed by atoms with E-state index in [-0.39, 0.29) is 5.69 Å². The number of benzene rings is 1. The van der Waals surface area contributed by atoms with Crippen molar-refractivity contribution in [2.75, 3.05) is 0 Å². The van der Waals surface area contributed by atoms with Crippen molar-refractivity contribution in [3.63, 3.8) is 0 Å². The number of nitro groups is 1. The highest BCUT2D eigenvalue weighted by atomic mass is 16.6. The summed E-state index contributed by atoms with van der Waals surface area (Å²) in [4.78, 5) is 10.4. The van der Waals surface area contributed by atoms with E-state index in [0.29, 0.717) is 17.0 Å². The molecule has 82 valence electrons. The summed E-state index contributed by atoms with van der Waals surface area (Å²) in [7, 11) is 1.79. The lowest BCUT2D eigenvalue weighted by Gasteiger charge is -2.02. The first-order valence-electron chi connectivity index (χ1n) is 4.69. The molecule has 0 saturated carbocycles. The molecular formula is C10H10N4O2. The van der Waals surface area contributed by atoms with E-state index >= 15 is 0 Å². The quantitative estimate of drug-likeness (QED) is 0.568. The van der Waals surface area contributed by atoms with Crippen LogP contribution in [0.2, 0.25) is 0 Å². The number of rotatable bonds is 2. The molecule has 1 aromatic carbocycles. The lowest BCUT2D eigenvalue weighted by Crippen LogP contribution is -1.95. The van der Waals surface area contributed by atoms with E-state index in [0.717, 1.165) is 0 Å². The van der Waals surface area contributed by atoms with Crippen molar-refractivity contribution in [2.45, 2.75) is 6.92 Å². The third kappa shape index (κ3) is 1.65. The topological polar surface area (TPSA) is 73.8 Å². The van der Waals surface area contributed by atoms with Crippen LogP contribution in [0.3, 0.4) is 0 Å². The second-order valence-electron chi connectivity index (χ2n) is 3.52. The van der Waals surface area contributed by atoms with Crippen molar-refractivity contribution in [2.24, 2.45) is 7.05 Å². The number of aryl methyl sites for hydroxylation is 2. The molecule has 0 saturated heterocycles. The summed E-state index contributed by atoms with van der Waals surface area (Å²) in [5.41, 5.74) is 1.42. The van der Waals surface area contributed by atoms with Gasteiger partial charge in [0, 0.05) is 24.2 Å². The maximum absolute atomic E-state index is 10.8. The Morgan fingerprint density at radius 1 is 1.44 bits per heavy atom. The Morgan fingerprint density at radius 3 is 2.75 bits per heavy atom. The lowest BCUT2D eigenvalue weighted by atomic mass is 10.1. The van der Waals surface area contributed by atoms with Crippen molar-refractivity contribution in [1.29, 1.82) is 0 Å². The van der Waals surface area contributed by atoms with Crippen molar-refractivity contribution in [3.8, 4) is 11.4 Å². The zero-order valence-electron chi connectivity index (χ0n) is 8.91. The molecule has 0 spiro atoms. The van der Waals surface area contributed by atoms with Crippen LogP contribution in [0.25, 0.3) is 11.4 Å². The molecule has 6 nitrogen and oxygen atoms in total. The average Bonchev–Trinajstić information content (AvgIpc) is 2.65. The van der Waals surface area contributed by atoms with Crippen molar-refractivity contribution in [3.05, 3.63) is 40.2 Å². The predicted molar refractivity (Wildman–Crippen MR) is 57.8 cm³/mol. The second-order valence-corrected chi connectivity index (χ2v) is 3.52. The fourth-order valence-electron chi connectivity index (χ4n) is 1.49. The van der Waals surface area contributed by atoms with Crippen LogP contribution in [-0.4, -0.2) is 19.7 Å². The van der Waals surface area contributed by atoms with E-state index in [4.69, 9.17) is 0 Å². The Kier molecular flexibility index (Phi) is 2.40. The smallest absolute Gasteiger partial charge is 0.273 e. The standard InChI is InChI=1S/C10H10N4O2/c1-7-3-4-8(5-9(7)14(15)16)10-12-11-6-13(10)2/h3-6H,1-2H3.